The van der Waals surface area contributed by atoms with Crippen LogP contribution < -0.4 is 10.1 Å². The van der Waals surface area contributed by atoms with Crippen molar-refractivity contribution in [2.45, 2.75) is 27.2 Å². The van der Waals surface area contributed by atoms with Crippen LogP contribution in [0.25, 0.3) is 0 Å². The number of carbonyl (C=O) groups excluding carboxylic acids is 1. The third kappa shape index (κ3) is 3.81. The van der Waals surface area contributed by atoms with Crippen molar-refractivity contribution in [3.8, 4) is 5.75 Å². The molecule has 1 aromatic carbocycles. The number of aromatic nitrogens is 1. The number of hydrogen-bond donors (Lipinski definition) is 1. The van der Waals surface area contributed by atoms with Crippen LogP contribution in [0.5, 0.6) is 5.75 Å². The Hall–Kier alpha value is -1.88. The molecule has 1 heterocycles. The molecule has 0 bridgehead atoms. The van der Waals surface area contributed by atoms with Crippen LogP contribution in [0.2, 0.25) is 0 Å². The standard InChI is InChI=1S/C15H18N2O2S/c1-4-12-6-5-7-13(8-12)19-9-14(18)17-15-16-10(2)11(3)20-15/h5-8H,4,9H2,1-3H3,(H,16,17,18). The second-order valence-electron chi connectivity index (χ2n) is 4.50. The zero-order valence-corrected chi connectivity index (χ0v) is 12.7. The van der Waals surface area contributed by atoms with E-state index in [-0.39, 0.29) is 12.5 Å². The third-order valence-corrected chi connectivity index (χ3v) is 3.94. The topological polar surface area (TPSA) is 51.2 Å². The molecule has 20 heavy (non-hydrogen) atoms. The third-order valence-electron chi connectivity index (χ3n) is 2.95. The highest BCUT2D eigenvalue weighted by atomic mass is 32.1. The number of amides is 1. The maximum absolute atomic E-state index is 11.8. The normalized spacial score (nSPS) is 10.3. The lowest BCUT2D eigenvalue weighted by atomic mass is 10.2. The molecule has 0 aliphatic carbocycles. The molecule has 0 saturated carbocycles. The largest absolute Gasteiger partial charge is 0.484 e. The highest BCUT2D eigenvalue weighted by molar-refractivity contribution is 7.15. The van der Waals surface area contributed by atoms with Gasteiger partial charge < -0.3 is 4.74 Å². The maximum Gasteiger partial charge on any atom is 0.264 e. The maximum atomic E-state index is 11.8. The lowest BCUT2D eigenvalue weighted by molar-refractivity contribution is -0.118. The van der Waals surface area contributed by atoms with E-state index in [2.05, 4.69) is 17.2 Å². The molecule has 1 amide bonds. The minimum absolute atomic E-state index is 0.00908. The number of nitrogens with zero attached hydrogens (tertiary/aromatic N) is 1. The molecule has 0 aliphatic rings. The highest BCUT2D eigenvalue weighted by Crippen LogP contribution is 2.21. The molecule has 0 saturated heterocycles. The van der Waals surface area contributed by atoms with Gasteiger partial charge in [-0.15, -0.1) is 11.3 Å². The second kappa shape index (κ2) is 6.52. The number of nitrogens with one attached hydrogen (secondary N) is 1. The van der Waals surface area contributed by atoms with Gasteiger partial charge in [-0.3, -0.25) is 10.1 Å². The van der Waals surface area contributed by atoms with Gasteiger partial charge in [0.1, 0.15) is 5.75 Å². The van der Waals surface area contributed by atoms with Crippen molar-refractivity contribution in [1.82, 2.24) is 4.98 Å². The molecule has 1 N–H and O–H groups in total. The van der Waals surface area contributed by atoms with E-state index in [1.807, 2.05) is 38.1 Å². The average Bonchev–Trinajstić information content (AvgIpc) is 2.75. The highest BCUT2D eigenvalue weighted by Gasteiger charge is 2.08. The Bertz CT molecular complexity index is 588. The number of rotatable bonds is 5. The second-order valence-corrected chi connectivity index (χ2v) is 5.70. The molecule has 0 spiro atoms. The Morgan fingerprint density at radius 3 is 2.85 bits per heavy atom. The zero-order valence-electron chi connectivity index (χ0n) is 11.9. The Kier molecular flexibility index (Phi) is 4.74. The number of benzene rings is 1. The van der Waals surface area contributed by atoms with Crippen molar-refractivity contribution in [3.05, 3.63) is 40.4 Å². The first-order valence-corrected chi connectivity index (χ1v) is 7.35. The summed E-state index contributed by atoms with van der Waals surface area (Å²) in [6.45, 7) is 5.98. The number of carbonyl (C=O) groups is 1. The van der Waals surface area contributed by atoms with Crippen LogP contribution in [0.15, 0.2) is 24.3 Å². The Balaban J connectivity index is 1.88. The molecular formula is C15H18N2O2S. The first-order valence-electron chi connectivity index (χ1n) is 6.54. The first-order chi connectivity index (χ1) is 9.58. The van der Waals surface area contributed by atoms with Crippen LogP contribution in [-0.2, 0) is 11.2 Å². The minimum atomic E-state index is -0.194. The van der Waals surface area contributed by atoms with Gasteiger partial charge in [0.05, 0.1) is 5.69 Å². The van der Waals surface area contributed by atoms with E-state index in [9.17, 15) is 4.79 Å². The van der Waals surface area contributed by atoms with Crippen molar-refractivity contribution in [2.75, 3.05) is 11.9 Å². The summed E-state index contributed by atoms with van der Waals surface area (Å²) >= 11 is 1.47. The van der Waals surface area contributed by atoms with Crippen molar-refractivity contribution in [3.63, 3.8) is 0 Å². The predicted octanol–water partition coefficient (Wildman–Crippen LogP) is 3.34. The summed E-state index contributed by atoms with van der Waals surface area (Å²) in [5, 5.41) is 3.37. The predicted molar refractivity (Wildman–Crippen MR) is 81.5 cm³/mol. The number of anilines is 1. The average molecular weight is 290 g/mol. The molecule has 4 nitrogen and oxygen atoms in total. The Morgan fingerprint density at radius 1 is 1.40 bits per heavy atom. The van der Waals surface area contributed by atoms with Crippen molar-refractivity contribution < 1.29 is 9.53 Å². The number of aryl methyl sites for hydroxylation is 3. The van der Waals surface area contributed by atoms with Crippen molar-refractivity contribution >= 4 is 22.4 Å². The van der Waals surface area contributed by atoms with Crippen LogP contribution >= 0.6 is 11.3 Å². The van der Waals surface area contributed by atoms with Crippen LogP contribution in [0.4, 0.5) is 5.13 Å². The summed E-state index contributed by atoms with van der Waals surface area (Å²) in [5.41, 5.74) is 2.14. The molecule has 2 aromatic rings. The summed E-state index contributed by atoms with van der Waals surface area (Å²) in [5.74, 6) is 0.520. The number of thiazole rings is 1. The molecule has 2 rings (SSSR count). The fraction of sp³-hybridized carbons (Fsp3) is 0.333. The van der Waals surface area contributed by atoms with Crippen molar-refractivity contribution in [1.29, 1.82) is 0 Å². The van der Waals surface area contributed by atoms with Crippen LogP contribution in [0.3, 0.4) is 0 Å². The SMILES string of the molecule is CCc1cccc(OCC(=O)Nc2nc(C)c(C)s2)c1. The zero-order chi connectivity index (χ0) is 14.5. The quantitative estimate of drug-likeness (QED) is 0.919. The van der Waals surface area contributed by atoms with Crippen LogP contribution in [0.1, 0.15) is 23.1 Å². The monoisotopic (exact) mass is 290 g/mol. The van der Waals surface area contributed by atoms with E-state index in [1.54, 1.807) is 0 Å². The number of ether oxygens (including phenoxy) is 1. The van der Waals surface area contributed by atoms with Gasteiger partial charge in [-0.1, -0.05) is 19.1 Å². The Morgan fingerprint density at radius 2 is 2.20 bits per heavy atom. The molecule has 0 radical (unpaired) electrons. The van der Waals surface area contributed by atoms with Gasteiger partial charge in [-0.05, 0) is 38.0 Å². The first kappa shape index (κ1) is 14.5. The summed E-state index contributed by atoms with van der Waals surface area (Å²) in [7, 11) is 0. The molecule has 0 atom stereocenters. The van der Waals surface area contributed by atoms with Gasteiger partial charge in [0.25, 0.3) is 5.91 Å². The summed E-state index contributed by atoms with van der Waals surface area (Å²) in [6.07, 6.45) is 0.946. The van der Waals surface area contributed by atoms with Crippen LogP contribution in [-0.4, -0.2) is 17.5 Å². The summed E-state index contributed by atoms with van der Waals surface area (Å²) in [6, 6.07) is 7.77. The molecule has 0 fully saturated rings. The van der Waals surface area contributed by atoms with Gasteiger partial charge in [0.15, 0.2) is 11.7 Å². The van der Waals surface area contributed by atoms with Gasteiger partial charge in [0, 0.05) is 4.88 Å². The fourth-order valence-corrected chi connectivity index (χ4v) is 2.52. The van der Waals surface area contributed by atoms with E-state index < -0.39 is 0 Å². The van der Waals surface area contributed by atoms with E-state index in [4.69, 9.17) is 4.74 Å². The van der Waals surface area contributed by atoms with E-state index >= 15 is 0 Å². The fourth-order valence-electron chi connectivity index (χ4n) is 1.69. The van der Waals surface area contributed by atoms with Gasteiger partial charge in [-0.25, -0.2) is 4.98 Å². The minimum Gasteiger partial charge on any atom is -0.484 e. The molecule has 106 valence electrons. The molecule has 5 heteroatoms. The molecular weight excluding hydrogens is 272 g/mol. The summed E-state index contributed by atoms with van der Waals surface area (Å²) in [4.78, 5) is 17.2. The van der Waals surface area contributed by atoms with Gasteiger partial charge in [0.2, 0.25) is 0 Å². The lowest BCUT2D eigenvalue weighted by Gasteiger charge is -2.07. The Labute approximate surface area is 122 Å². The van der Waals surface area contributed by atoms with Gasteiger partial charge in [-0.2, -0.15) is 0 Å². The van der Waals surface area contributed by atoms with Crippen LogP contribution in [0, 0.1) is 13.8 Å². The van der Waals surface area contributed by atoms with Gasteiger partial charge >= 0.3 is 0 Å². The smallest absolute Gasteiger partial charge is 0.264 e. The van der Waals surface area contributed by atoms with E-state index in [0.717, 1.165) is 17.0 Å². The van der Waals surface area contributed by atoms with E-state index in [0.29, 0.717) is 10.9 Å². The molecule has 1 aromatic heterocycles. The molecule has 0 aliphatic heterocycles. The number of hydrogen-bond acceptors (Lipinski definition) is 4. The summed E-state index contributed by atoms with van der Waals surface area (Å²) < 4.78 is 5.48. The van der Waals surface area contributed by atoms with E-state index in [1.165, 1.54) is 16.9 Å². The molecule has 0 unspecified atom stereocenters. The lowest BCUT2D eigenvalue weighted by Crippen LogP contribution is -2.20. The van der Waals surface area contributed by atoms with Crippen molar-refractivity contribution in [2.24, 2.45) is 0 Å².